The maximum atomic E-state index is 12.8. The Balaban J connectivity index is 1.51. The molecule has 0 amide bonds. The fourth-order valence-electron chi connectivity index (χ4n) is 3.11. The third-order valence-electron chi connectivity index (χ3n) is 4.85. The van der Waals surface area contributed by atoms with E-state index >= 15 is 0 Å². The van der Waals surface area contributed by atoms with Crippen LogP contribution in [0.15, 0.2) is 78.0 Å². The Labute approximate surface area is 198 Å². The summed E-state index contributed by atoms with van der Waals surface area (Å²) < 4.78 is 35.1. The van der Waals surface area contributed by atoms with Crippen LogP contribution >= 0.6 is 0 Å². The van der Waals surface area contributed by atoms with Gasteiger partial charge in [0.25, 0.3) is 21.4 Å². The predicted molar refractivity (Wildman–Crippen MR) is 123 cm³/mol. The first-order valence-electron chi connectivity index (χ1n) is 9.85. The van der Waals surface area contributed by atoms with Crippen molar-refractivity contribution in [1.82, 2.24) is 14.8 Å². The number of anilines is 1. The fraction of sp³-hybridized carbons (Fsp3) is 0.0476. The van der Waals surface area contributed by atoms with E-state index in [9.17, 15) is 28.6 Å². The zero-order valence-corrected chi connectivity index (χ0v) is 18.7. The molecule has 0 atom stereocenters. The van der Waals surface area contributed by atoms with Gasteiger partial charge in [-0.2, -0.15) is 0 Å². The van der Waals surface area contributed by atoms with Crippen molar-refractivity contribution in [2.45, 2.75) is 11.8 Å². The first-order valence-corrected chi connectivity index (χ1v) is 11.3. The van der Waals surface area contributed by atoms with Crippen LogP contribution in [0.4, 0.5) is 17.1 Å². The van der Waals surface area contributed by atoms with Crippen LogP contribution in [0.5, 0.6) is 11.6 Å². The Hall–Kier alpha value is -4.85. The van der Waals surface area contributed by atoms with Crippen molar-refractivity contribution in [3.05, 3.63) is 98.8 Å². The Morgan fingerprint density at radius 1 is 0.914 bits per heavy atom. The number of nitrogens with zero attached hydrogens (tertiary/aromatic N) is 5. The average molecular weight is 496 g/mol. The minimum atomic E-state index is -4.36. The lowest BCUT2D eigenvalue weighted by Gasteiger charge is -2.10. The number of hydrogen-bond acceptors (Lipinski definition) is 9. The lowest BCUT2D eigenvalue weighted by Crippen LogP contribution is -2.14. The average Bonchev–Trinajstić information content (AvgIpc) is 3.35. The van der Waals surface area contributed by atoms with Gasteiger partial charge in [-0.05, 0) is 49.4 Å². The van der Waals surface area contributed by atoms with Crippen LogP contribution in [-0.2, 0) is 10.0 Å². The highest BCUT2D eigenvalue weighted by Crippen LogP contribution is 2.32. The molecule has 2 heterocycles. The van der Waals surface area contributed by atoms with Gasteiger partial charge in [0.1, 0.15) is 16.2 Å². The van der Waals surface area contributed by atoms with Crippen molar-refractivity contribution < 1.29 is 23.0 Å². The van der Waals surface area contributed by atoms with Crippen LogP contribution < -0.4 is 9.46 Å². The van der Waals surface area contributed by atoms with E-state index < -0.39 is 36.1 Å². The zero-order valence-electron chi connectivity index (χ0n) is 17.9. The van der Waals surface area contributed by atoms with Gasteiger partial charge in [0, 0.05) is 36.3 Å². The number of nitro benzene ring substituents is 2. The van der Waals surface area contributed by atoms with Gasteiger partial charge in [0.05, 0.1) is 9.85 Å². The van der Waals surface area contributed by atoms with Crippen molar-refractivity contribution in [2.75, 3.05) is 4.72 Å². The third kappa shape index (κ3) is 5.06. The fourth-order valence-corrected chi connectivity index (χ4v) is 4.21. The number of benzene rings is 2. The molecule has 0 bridgehead atoms. The molecule has 2 aromatic carbocycles. The van der Waals surface area contributed by atoms with E-state index in [1.165, 1.54) is 31.2 Å². The van der Waals surface area contributed by atoms with Gasteiger partial charge < -0.3 is 9.30 Å². The van der Waals surface area contributed by atoms with Crippen molar-refractivity contribution >= 4 is 27.1 Å². The Morgan fingerprint density at radius 3 is 2.03 bits per heavy atom. The van der Waals surface area contributed by atoms with Crippen LogP contribution in [0.3, 0.4) is 0 Å². The molecule has 0 aliphatic rings. The van der Waals surface area contributed by atoms with Gasteiger partial charge in [0.15, 0.2) is 5.82 Å². The lowest BCUT2D eigenvalue weighted by molar-refractivity contribution is -0.395. The van der Waals surface area contributed by atoms with Crippen LogP contribution in [0.25, 0.3) is 5.82 Å². The second-order valence-corrected chi connectivity index (χ2v) is 8.84. The van der Waals surface area contributed by atoms with Crippen molar-refractivity contribution in [1.29, 1.82) is 0 Å². The first kappa shape index (κ1) is 23.3. The monoisotopic (exact) mass is 496 g/mol. The van der Waals surface area contributed by atoms with Crippen LogP contribution in [0.2, 0.25) is 0 Å². The van der Waals surface area contributed by atoms with E-state index in [-0.39, 0.29) is 17.1 Å². The zero-order chi connectivity index (χ0) is 25.2. The molecule has 178 valence electrons. The lowest BCUT2D eigenvalue weighted by atomic mass is 10.1. The van der Waals surface area contributed by atoms with Crippen molar-refractivity contribution in [3.8, 4) is 17.4 Å². The molecule has 4 aromatic rings. The highest BCUT2D eigenvalue weighted by Gasteiger charge is 2.28. The minimum absolute atomic E-state index is 0.109. The summed E-state index contributed by atoms with van der Waals surface area (Å²) in [6, 6.07) is 14.3. The Kier molecular flexibility index (Phi) is 6.12. The van der Waals surface area contributed by atoms with E-state index in [0.29, 0.717) is 11.6 Å². The molecule has 0 fully saturated rings. The molecule has 0 saturated carbocycles. The quantitative estimate of drug-likeness (QED) is 0.279. The summed E-state index contributed by atoms with van der Waals surface area (Å²) in [7, 11) is -4.36. The predicted octanol–water partition coefficient (Wildman–Crippen LogP) is 3.99. The van der Waals surface area contributed by atoms with E-state index in [2.05, 4.69) is 14.9 Å². The van der Waals surface area contributed by atoms with Gasteiger partial charge in [-0.3, -0.25) is 25.0 Å². The van der Waals surface area contributed by atoms with Crippen molar-refractivity contribution in [3.63, 3.8) is 0 Å². The van der Waals surface area contributed by atoms with E-state index in [4.69, 9.17) is 4.74 Å². The number of ether oxygens (including phenoxy) is 1. The highest BCUT2D eigenvalue weighted by atomic mass is 32.2. The number of hydrogen-bond donors (Lipinski definition) is 1. The smallest absolute Gasteiger partial charge is 0.280 e. The van der Waals surface area contributed by atoms with Crippen LogP contribution in [-0.4, -0.2) is 33.0 Å². The standard InChI is InChI=1S/C21H16N6O7S/c1-14-18(26(28)29)12-17(13-19(14)27(30)31)35(32,33)24-15-4-6-16(7-5-15)34-21-9-8-20(22-23-21)25-10-2-3-11-25/h2-13,24H,1H3. The SMILES string of the molecule is Cc1c([N+](=O)[O-])cc(S(=O)(=O)Nc2ccc(Oc3ccc(-n4cccc4)nn3)cc2)cc1[N+](=O)[O-]. The largest absolute Gasteiger partial charge is 0.438 e. The summed E-state index contributed by atoms with van der Waals surface area (Å²) in [6.45, 7) is 1.18. The Morgan fingerprint density at radius 2 is 1.51 bits per heavy atom. The summed E-state index contributed by atoms with van der Waals surface area (Å²) in [6.07, 6.45) is 3.63. The summed E-state index contributed by atoms with van der Waals surface area (Å²) in [5.41, 5.74) is -1.48. The molecule has 35 heavy (non-hydrogen) atoms. The number of sulfonamides is 1. The highest BCUT2D eigenvalue weighted by molar-refractivity contribution is 7.92. The van der Waals surface area contributed by atoms with Gasteiger partial charge in [0.2, 0.25) is 5.88 Å². The molecule has 14 heteroatoms. The summed E-state index contributed by atoms with van der Waals surface area (Å²) in [5.74, 6) is 1.16. The molecule has 2 aromatic heterocycles. The molecule has 0 aliphatic heterocycles. The molecule has 0 spiro atoms. The molecule has 4 rings (SSSR count). The molecule has 0 radical (unpaired) electrons. The number of rotatable bonds is 8. The van der Waals surface area contributed by atoms with E-state index in [0.717, 1.165) is 12.1 Å². The first-order chi connectivity index (χ1) is 16.6. The van der Waals surface area contributed by atoms with Gasteiger partial charge in [-0.25, -0.2) is 8.42 Å². The number of nitro groups is 2. The molecule has 13 nitrogen and oxygen atoms in total. The minimum Gasteiger partial charge on any atom is -0.438 e. The van der Waals surface area contributed by atoms with Crippen molar-refractivity contribution in [2.24, 2.45) is 0 Å². The Bertz CT molecular complexity index is 1470. The van der Waals surface area contributed by atoms with E-state index in [1.54, 1.807) is 16.7 Å². The number of aromatic nitrogens is 3. The summed E-state index contributed by atoms with van der Waals surface area (Å²) in [4.78, 5) is 20.1. The number of nitrogens with one attached hydrogen (secondary N) is 1. The third-order valence-corrected chi connectivity index (χ3v) is 6.21. The second kappa shape index (κ2) is 9.18. The molecule has 0 unspecified atom stereocenters. The molecular weight excluding hydrogens is 480 g/mol. The normalized spacial score (nSPS) is 11.1. The van der Waals surface area contributed by atoms with Gasteiger partial charge in [-0.15, -0.1) is 10.2 Å². The van der Waals surface area contributed by atoms with Gasteiger partial charge >= 0.3 is 0 Å². The maximum absolute atomic E-state index is 12.8. The topological polar surface area (TPSA) is 172 Å². The summed E-state index contributed by atoms with van der Waals surface area (Å²) in [5, 5.41) is 30.5. The van der Waals surface area contributed by atoms with Gasteiger partial charge in [-0.1, -0.05) is 0 Å². The summed E-state index contributed by atoms with van der Waals surface area (Å²) >= 11 is 0. The molecule has 0 aliphatic carbocycles. The second-order valence-electron chi connectivity index (χ2n) is 7.15. The van der Waals surface area contributed by atoms with E-state index in [1.807, 2.05) is 24.5 Å². The maximum Gasteiger partial charge on any atom is 0.280 e. The molecule has 1 N–H and O–H groups in total. The van der Waals surface area contributed by atoms with Crippen LogP contribution in [0, 0.1) is 27.2 Å². The van der Waals surface area contributed by atoms with Crippen LogP contribution in [0.1, 0.15) is 5.56 Å². The molecular formula is C21H16N6O7S. The molecule has 0 saturated heterocycles.